The molecule has 2 heterocycles. The number of phenols is 1. The zero-order chi connectivity index (χ0) is 21.1. The summed E-state index contributed by atoms with van der Waals surface area (Å²) in [6.07, 6.45) is 3.66. The van der Waals surface area contributed by atoms with Crippen molar-refractivity contribution in [2.75, 3.05) is 26.2 Å². The number of benzene rings is 2. The monoisotopic (exact) mass is 421 g/mol. The van der Waals surface area contributed by atoms with Gasteiger partial charge in [-0.05, 0) is 41.8 Å². The van der Waals surface area contributed by atoms with Crippen LogP contribution in [0.1, 0.15) is 28.9 Å². The first kappa shape index (κ1) is 20.4. The molecule has 154 valence electrons. The molecule has 0 unspecified atom stereocenters. The Balaban J connectivity index is 1.50. The fourth-order valence-electron chi connectivity index (χ4n) is 3.88. The number of hydrogen-bond donors (Lipinski definition) is 1. The lowest BCUT2D eigenvalue weighted by Gasteiger charge is -2.38. The molecule has 0 spiro atoms. The van der Waals surface area contributed by atoms with Crippen LogP contribution in [0.5, 0.6) is 5.75 Å². The summed E-state index contributed by atoms with van der Waals surface area (Å²) >= 11 is 6.25. The van der Waals surface area contributed by atoms with E-state index in [1.807, 2.05) is 42.6 Å². The minimum absolute atomic E-state index is 0.160. The first-order chi connectivity index (χ1) is 14.5. The number of phenolic OH excluding ortho intramolecular Hbond substituents is 1. The van der Waals surface area contributed by atoms with E-state index in [2.05, 4.69) is 22.9 Å². The molecule has 0 bridgehead atoms. The lowest BCUT2D eigenvalue weighted by atomic mass is 10.0. The molecule has 1 N–H and O–H groups in total. The zero-order valence-electron chi connectivity index (χ0n) is 16.8. The first-order valence-corrected chi connectivity index (χ1v) is 10.4. The topological polar surface area (TPSA) is 56.7 Å². The molecule has 1 aromatic heterocycles. The first-order valence-electron chi connectivity index (χ1n) is 10.1. The van der Waals surface area contributed by atoms with E-state index >= 15 is 0 Å². The van der Waals surface area contributed by atoms with Crippen molar-refractivity contribution in [3.8, 4) is 16.9 Å². The number of carbonyl (C=O) groups excluding carboxylic acids is 1. The van der Waals surface area contributed by atoms with Gasteiger partial charge in [0.2, 0.25) is 0 Å². The predicted octanol–water partition coefficient (Wildman–Crippen LogP) is 4.63. The largest absolute Gasteiger partial charge is 0.506 e. The summed E-state index contributed by atoms with van der Waals surface area (Å²) in [5.74, 6) is -0.353. The van der Waals surface area contributed by atoms with E-state index in [9.17, 15) is 9.90 Å². The highest BCUT2D eigenvalue weighted by Gasteiger charge is 2.27. The van der Waals surface area contributed by atoms with Crippen LogP contribution in [0.15, 0.2) is 67.0 Å². The SMILES string of the molecule is C[C@@H](c1cccnc1)N1CCN(C(=O)c2cc(-c3ccccc3)cc(Cl)c2O)CC1. The minimum Gasteiger partial charge on any atom is -0.506 e. The average molecular weight is 422 g/mol. The van der Waals surface area contributed by atoms with Gasteiger partial charge in [-0.3, -0.25) is 14.7 Å². The van der Waals surface area contributed by atoms with Gasteiger partial charge >= 0.3 is 0 Å². The van der Waals surface area contributed by atoms with Gasteiger partial charge in [0.05, 0.1) is 10.6 Å². The maximum atomic E-state index is 13.2. The Morgan fingerprint density at radius 2 is 1.77 bits per heavy atom. The molecule has 1 atom stereocenters. The number of carbonyl (C=O) groups is 1. The number of rotatable bonds is 4. The molecular weight excluding hydrogens is 398 g/mol. The van der Waals surface area contributed by atoms with Crippen molar-refractivity contribution in [2.45, 2.75) is 13.0 Å². The third-order valence-corrected chi connectivity index (χ3v) is 6.01. The summed E-state index contributed by atoms with van der Waals surface area (Å²) in [5.41, 5.74) is 3.17. The fraction of sp³-hybridized carbons (Fsp3) is 0.250. The number of aromatic nitrogens is 1. The van der Waals surface area contributed by atoms with E-state index in [4.69, 9.17) is 11.6 Å². The van der Waals surface area contributed by atoms with E-state index in [0.717, 1.165) is 29.8 Å². The number of nitrogens with zero attached hydrogens (tertiary/aromatic N) is 3. The van der Waals surface area contributed by atoms with Crippen LogP contribution < -0.4 is 0 Å². The molecule has 5 nitrogen and oxygen atoms in total. The molecule has 6 heteroatoms. The van der Waals surface area contributed by atoms with Gasteiger partial charge in [0.1, 0.15) is 5.75 Å². The van der Waals surface area contributed by atoms with E-state index in [0.29, 0.717) is 13.1 Å². The van der Waals surface area contributed by atoms with Crippen molar-refractivity contribution in [3.63, 3.8) is 0 Å². The van der Waals surface area contributed by atoms with Crippen LogP contribution in [0, 0.1) is 0 Å². The standard InChI is InChI=1S/C24H24ClN3O2/c1-17(19-8-5-9-26-16-19)27-10-12-28(13-11-27)24(30)21-14-20(15-22(25)23(21)29)18-6-3-2-4-7-18/h2-9,14-17,29H,10-13H2,1H3/t17-/m0/s1. The van der Waals surface area contributed by atoms with Crippen LogP contribution in [0.25, 0.3) is 11.1 Å². The number of amides is 1. The molecule has 0 aliphatic carbocycles. The average Bonchev–Trinajstić information content (AvgIpc) is 2.81. The molecule has 2 aromatic carbocycles. The minimum atomic E-state index is -0.194. The molecule has 1 aliphatic heterocycles. The molecule has 0 radical (unpaired) electrons. The van der Waals surface area contributed by atoms with Crippen molar-refractivity contribution in [2.24, 2.45) is 0 Å². The number of halogens is 1. The van der Waals surface area contributed by atoms with Gasteiger partial charge in [0, 0.05) is 44.6 Å². The molecule has 3 aromatic rings. The van der Waals surface area contributed by atoms with Crippen LogP contribution in [-0.2, 0) is 0 Å². The van der Waals surface area contributed by atoms with Gasteiger partial charge < -0.3 is 10.0 Å². The fourth-order valence-corrected chi connectivity index (χ4v) is 4.10. The number of hydrogen-bond acceptors (Lipinski definition) is 4. The summed E-state index contributed by atoms with van der Waals surface area (Å²) in [5, 5.41) is 10.6. The maximum absolute atomic E-state index is 13.2. The molecule has 4 rings (SSSR count). The van der Waals surface area contributed by atoms with Gasteiger partial charge in [0.25, 0.3) is 5.91 Å². The number of aromatic hydroxyl groups is 1. The Bertz CT molecular complexity index is 1020. The van der Waals surface area contributed by atoms with Crippen LogP contribution >= 0.6 is 11.6 Å². The predicted molar refractivity (Wildman–Crippen MR) is 119 cm³/mol. The summed E-state index contributed by atoms with van der Waals surface area (Å²) in [7, 11) is 0. The normalized spacial score (nSPS) is 15.7. The van der Waals surface area contributed by atoms with Crippen molar-refractivity contribution >= 4 is 17.5 Å². The second kappa shape index (κ2) is 8.86. The number of pyridine rings is 1. The van der Waals surface area contributed by atoms with Crippen LogP contribution in [-0.4, -0.2) is 52.0 Å². The highest BCUT2D eigenvalue weighted by atomic mass is 35.5. The molecule has 1 saturated heterocycles. The van der Waals surface area contributed by atoms with Crippen molar-refractivity contribution in [1.82, 2.24) is 14.8 Å². The lowest BCUT2D eigenvalue weighted by Crippen LogP contribution is -2.49. The summed E-state index contributed by atoms with van der Waals surface area (Å²) < 4.78 is 0. The highest BCUT2D eigenvalue weighted by molar-refractivity contribution is 6.33. The smallest absolute Gasteiger partial charge is 0.257 e. The quantitative estimate of drug-likeness (QED) is 0.667. The second-order valence-corrected chi connectivity index (χ2v) is 7.92. The van der Waals surface area contributed by atoms with Crippen molar-refractivity contribution in [1.29, 1.82) is 0 Å². The Labute approximate surface area is 181 Å². The van der Waals surface area contributed by atoms with Crippen LogP contribution in [0.2, 0.25) is 5.02 Å². The van der Waals surface area contributed by atoms with E-state index in [1.165, 1.54) is 0 Å². The summed E-state index contributed by atoms with van der Waals surface area (Å²) in [6.45, 7) is 4.86. The van der Waals surface area contributed by atoms with Gasteiger partial charge in [-0.15, -0.1) is 0 Å². The zero-order valence-corrected chi connectivity index (χ0v) is 17.6. The van der Waals surface area contributed by atoms with Crippen molar-refractivity contribution < 1.29 is 9.90 Å². The lowest BCUT2D eigenvalue weighted by molar-refractivity contribution is 0.0579. The Hall–Kier alpha value is -2.89. The van der Waals surface area contributed by atoms with Gasteiger partial charge in [-0.1, -0.05) is 48.0 Å². The summed E-state index contributed by atoms with van der Waals surface area (Å²) in [6, 6.07) is 17.4. The molecule has 30 heavy (non-hydrogen) atoms. The molecular formula is C24H24ClN3O2. The maximum Gasteiger partial charge on any atom is 0.257 e. The van der Waals surface area contributed by atoms with Crippen LogP contribution in [0.4, 0.5) is 0 Å². The molecule has 0 saturated carbocycles. The third-order valence-electron chi connectivity index (χ3n) is 5.72. The molecule has 1 fully saturated rings. The molecule has 1 aliphatic rings. The van der Waals surface area contributed by atoms with Crippen LogP contribution in [0.3, 0.4) is 0 Å². The highest BCUT2D eigenvalue weighted by Crippen LogP contribution is 2.34. The Kier molecular flexibility index (Phi) is 6.02. The van der Waals surface area contributed by atoms with E-state index < -0.39 is 0 Å². The summed E-state index contributed by atoms with van der Waals surface area (Å²) in [4.78, 5) is 21.5. The number of piperazine rings is 1. The van der Waals surface area contributed by atoms with Gasteiger partial charge in [-0.25, -0.2) is 0 Å². The Morgan fingerprint density at radius 1 is 1.03 bits per heavy atom. The van der Waals surface area contributed by atoms with Gasteiger partial charge in [-0.2, -0.15) is 0 Å². The second-order valence-electron chi connectivity index (χ2n) is 7.51. The molecule has 1 amide bonds. The van der Waals surface area contributed by atoms with E-state index in [-0.39, 0.29) is 28.3 Å². The van der Waals surface area contributed by atoms with E-state index in [1.54, 1.807) is 23.2 Å². The Morgan fingerprint density at radius 3 is 2.43 bits per heavy atom. The van der Waals surface area contributed by atoms with Crippen molar-refractivity contribution in [3.05, 3.63) is 83.1 Å². The van der Waals surface area contributed by atoms with Gasteiger partial charge in [0.15, 0.2) is 0 Å². The third kappa shape index (κ3) is 4.18.